The molecule has 1 aromatic carbocycles. The van der Waals surface area contributed by atoms with Gasteiger partial charge in [0.15, 0.2) is 0 Å². The van der Waals surface area contributed by atoms with E-state index in [1.165, 1.54) is 38.9 Å². The lowest BCUT2D eigenvalue weighted by molar-refractivity contribution is -0.146. The van der Waals surface area contributed by atoms with E-state index < -0.39 is 16.1 Å². The number of ether oxygens (including phenoxy) is 2. The fraction of sp³-hybridized carbons (Fsp3) is 0.543. The molecule has 3 unspecified atom stereocenters. The monoisotopic (exact) mass is 646 g/mol. The van der Waals surface area contributed by atoms with Crippen molar-refractivity contribution in [3.05, 3.63) is 63.9 Å². The predicted molar refractivity (Wildman–Crippen MR) is 174 cm³/mol. The zero-order chi connectivity index (χ0) is 31.9. The second-order valence-electron chi connectivity index (χ2n) is 13.9. The average Bonchev–Trinajstić information content (AvgIpc) is 3.60. The Kier molecular flexibility index (Phi) is 7.22. The molecular formula is C35H42N4O6S. The van der Waals surface area contributed by atoms with Crippen molar-refractivity contribution in [1.82, 2.24) is 18.5 Å². The summed E-state index contributed by atoms with van der Waals surface area (Å²) in [4.78, 5) is 30.4. The molecule has 0 spiro atoms. The molecule has 3 aliphatic carbocycles. The lowest BCUT2D eigenvalue weighted by Crippen LogP contribution is -2.52. The zero-order valence-electron chi connectivity index (χ0n) is 26.8. The summed E-state index contributed by atoms with van der Waals surface area (Å²) in [6.07, 6.45) is 12.5. The molecule has 2 bridgehead atoms. The maximum Gasteiger partial charge on any atom is 0.303 e. The SMILES string of the molecule is COc1ccc(C2CCCCC2)c2c1cc1n2CC2=C(C(=O)NS(=O)(=O)N(C)C)C2=C2C=CC[C@@H](C(=O)N3C4CCC3COC4)C21. The number of aromatic nitrogens is 1. The summed E-state index contributed by atoms with van der Waals surface area (Å²) in [5.74, 6) is 0.0918. The number of hydrogen-bond donors (Lipinski definition) is 1. The largest absolute Gasteiger partial charge is 0.496 e. The Morgan fingerprint density at radius 3 is 2.48 bits per heavy atom. The van der Waals surface area contributed by atoms with E-state index in [2.05, 4.69) is 44.5 Å². The van der Waals surface area contributed by atoms with Crippen molar-refractivity contribution in [3.8, 4) is 5.75 Å². The van der Waals surface area contributed by atoms with Crippen LogP contribution < -0.4 is 9.46 Å². The molecule has 3 fully saturated rings. The number of carbonyl (C=O) groups excluding carboxylic acids is 2. The number of morpholine rings is 1. The standard InChI is InChI=1S/C35H42N4O6S/c1-37(2)46(42,43)36-34(40)32-27-17-38-28(16-26-29(44-3)15-14-23(33(26)38)20-8-5-4-6-9-20)30-24(31(27)32)10-7-11-25(30)35(41)39-21-12-13-22(39)19-45-18-21/h7,10,14-16,20-22,25,30H,4-6,8-9,11-13,17-19H2,1-3H3,(H,36,40)/t21?,22?,25-,30?/m1/s1. The first kappa shape index (κ1) is 30.0. The molecule has 1 saturated carbocycles. The first-order valence-corrected chi connectivity index (χ1v) is 18.1. The molecule has 244 valence electrons. The van der Waals surface area contributed by atoms with Crippen LogP contribution in [0.2, 0.25) is 0 Å². The van der Waals surface area contributed by atoms with Gasteiger partial charge in [0.05, 0.1) is 49.4 Å². The fourth-order valence-corrected chi connectivity index (χ4v) is 9.47. The first-order chi connectivity index (χ1) is 22.2. The number of benzene rings is 1. The number of rotatable bonds is 6. The van der Waals surface area contributed by atoms with Gasteiger partial charge in [-0.1, -0.05) is 37.5 Å². The number of nitrogens with one attached hydrogen (secondary N) is 1. The maximum atomic E-state index is 14.6. The van der Waals surface area contributed by atoms with Crippen molar-refractivity contribution in [2.45, 2.75) is 81.8 Å². The van der Waals surface area contributed by atoms with Crippen LogP contribution in [0.1, 0.15) is 74.5 Å². The molecule has 1 aromatic heterocycles. The van der Waals surface area contributed by atoms with Crippen molar-refractivity contribution in [2.75, 3.05) is 34.4 Å². The molecule has 4 heterocycles. The van der Waals surface area contributed by atoms with Gasteiger partial charge in [-0.05, 0) is 72.4 Å². The van der Waals surface area contributed by atoms with Crippen molar-refractivity contribution in [2.24, 2.45) is 5.92 Å². The van der Waals surface area contributed by atoms with Crippen LogP contribution in [0.25, 0.3) is 10.9 Å². The van der Waals surface area contributed by atoms with E-state index in [1.807, 2.05) is 0 Å². The van der Waals surface area contributed by atoms with Gasteiger partial charge in [-0.3, -0.25) is 9.59 Å². The van der Waals surface area contributed by atoms with Gasteiger partial charge < -0.3 is 18.9 Å². The van der Waals surface area contributed by atoms with E-state index >= 15 is 0 Å². The van der Waals surface area contributed by atoms with Crippen LogP contribution in [-0.2, 0) is 31.1 Å². The smallest absolute Gasteiger partial charge is 0.303 e. The maximum absolute atomic E-state index is 14.6. The number of nitrogens with zero attached hydrogens (tertiary/aromatic N) is 3. The molecule has 1 N–H and O–H groups in total. The Morgan fingerprint density at radius 2 is 1.78 bits per heavy atom. The number of hydrogen-bond acceptors (Lipinski definition) is 6. The minimum Gasteiger partial charge on any atom is -0.496 e. The molecule has 0 radical (unpaired) electrons. The molecule has 10 nitrogen and oxygen atoms in total. The third kappa shape index (κ3) is 4.60. The van der Waals surface area contributed by atoms with Crippen LogP contribution in [0.4, 0.5) is 0 Å². The van der Waals surface area contributed by atoms with Gasteiger partial charge in [-0.25, -0.2) is 4.72 Å². The molecule has 6 aliphatic rings. The summed E-state index contributed by atoms with van der Waals surface area (Å²) in [6.45, 7) is 1.58. The van der Waals surface area contributed by atoms with Gasteiger partial charge in [-0.15, -0.1) is 0 Å². The Balaban J connectivity index is 1.31. The Labute approximate surface area is 270 Å². The van der Waals surface area contributed by atoms with Crippen molar-refractivity contribution in [1.29, 1.82) is 0 Å². The quantitative estimate of drug-likeness (QED) is 0.502. The zero-order valence-corrected chi connectivity index (χ0v) is 27.6. The molecule has 2 amide bonds. The summed E-state index contributed by atoms with van der Waals surface area (Å²) < 4.78 is 42.7. The minimum atomic E-state index is -3.98. The third-order valence-corrected chi connectivity index (χ3v) is 12.6. The van der Waals surface area contributed by atoms with Crippen LogP contribution in [-0.4, -0.2) is 80.5 Å². The molecular weight excluding hydrogens is 604 g/mol. The van der Waals surface area contributed by atoms with Crippen LogP contribution in [0.5, 0.6) is 5.75 Å². The number of allylic oxidation sites excluding steroid dienone is 4. The molecule has 2 saturated heterocycles. The Hall–Kier alpha value is -3.41. The van der Waals surface area contributed by atoms with Crippen molar-refractivity contribution >= 4 is 32.9 Å². The van der Waals surface area contributed by atoms with Gasteiger partial charge >= 0.3 is 10.2 Å². The second-order valence-corrected chi connectivity index (χ2v) is 15.8. The fourth-order valence-electron chi connectivity index (χ4n) is 8.95. The topological polar surface area (TPSA) is 110 Å². The van der Waals surface area contributed by atoms with Crippen molar-refractivity contribution < 1.29 is 27.5 Å². The number of fused-ring (bicyclic) bond motifs is 8. The van der Waals surface area contributed by atoms with Crippen molar-refractivity contribution in [3.63, 3.8) is 0 Å². The highest BCUT2D eigenvalue weighted by Crippen LogP contribution is 2.55. The summed E-state index contributed by atoms with van der Waals surface area (Å²) in [6, 6.07) is 6.69. The van der Waals surface area contributed by atoms with Gasteiger partial charge in [0.25, 0.3) is 5.91 Å². The molecule has 8 rings (SSSR count). The molecule has 3 aliphatic heterocycles. The van der Waals surface area contributed by atoms with Gasteiger partial charge in [0, 0.05) is 37.6 Å². The number of methoxy groups -OCH3 is 1. The second kappa shape index (κ2) is 11.1. The molecule has 46 heavy (non-hydrogen) atoms. The summed E-state index contributed by atoms with van der Waals surface area (Å²) in [5.41, 5.74) is 6.43. The van der Waals surface area contributed by atoms with E-state index in [0.717, 1.165) is 69.1 Å². The molecule has 4 atom stereocenters. The van der Waals surface area contributed by atoms with E-state index in [0.29, 0.717) is 37.7 Å². The lowest BCUT2D eigenvalue weighted by atomic mass is 9.75. The predicted octanol–water partition coefficient (Wildman–Crippen LogP) is 4.29. The summed E-state index contributed by atoms with van der Waals surface area (Å²) in [7, 11) is 0.510. The lowest BCUT2D eigenvalue weighted by Gasteiger charge is -2.40. The van der Waals surface area contributed by atoms with Crippen LogP contribution in [0, 0.1) is 5.92 Å². The number of amides is 2. The number of carbonyl (C=O) groups is 2. The normalized spacial score (nSPS) is 27.4. The van der Waals surface area contributed by atoms with E-state index in [4.69, 9.17) is 9.47 Å². The Bertz CT molecular complexity index is 1830. The van der Waals surface area contributed by atoms with E-state index in [-0.39, 0.29) is 29.8 Å². The minimum absolute atomic E-state index is 0.0927. The highest BCUT2D eigenvalue weighted by atomic mass is 32.2. The third-order valence-electron chi connectivity index (χ3n) is 11.2. The van der Waals surface area contributed by atoms with E-state index in [1.54, 1.807) is 7.11 Å². The summed E-state index contributed by atoms with van der Waals surface area (Å²) >= 11 is 0. The first-order valence-electron chi connectivity index (χ1n) is 16.7. The van der Waals surface area contributed by atoms with Gasteiger partial charge in [-0.2, -0.15) is 12.7 Å². The van der Waals surface area contributed by atoms with Gasteiger partial charge in [0.1, 0.15) is 5.75 Å². The van der Waals surface area contributed by atoms with E-state index in [9.17, 15) is 18.0 Å². The van der Waals surface area contributed by atoms with Crippen LogP contribution >= 0.6 is 0 Å². The molecule has 11 heteroatoms. The highest BCUT2D eigenvalue weighted by molar-refractivity contribution is 7.87. The summed E-state index contributed by atoms with van der Waals surface area (Å²) in [5, 5.41) is 1.03. The van der Waals surface area contributed by atoms with Crippen LogP contribution in [0.15, 0.2) is 52.6 Å². The van der Waals surface area contributed by atoms with Gasteiger partial charge in [0.2, 0.25) is 5.91 Å². The van der Waals surface area contributed by atoms with Crippen LogP contribution in [0.3, 0.4) is 0 Å². The highest BCUT2D eigenvalue weighted by Gasteiger charge is 2.50. The average molecular weight is 647 g/mol. The molecule has 2 aromatic rings. The Morgan fingerprint density at radius 1 is 1.04 bits per heavy atom.